The SMILES string of the molecule is Cc1cc(CN(C(=O)[C@@H]2CCC(=O)O2)[C@H]2CCCc3ccccc32)n(C)n1. The number of benzene rings is 1. The zero-order valence-corrected chi connectivity index (χ0v) is 15.9. The maximum absolute atomic E-state index is 13.3. The van der Waals surface area contributed by atoms with E-state index in [-0.39, 0.29) is 17.9 Å². The van der Waals surface area contributed by atoms with E-state index in [0.29, 0.717) is 19.4 Å². The summed E-state index contributed by atoms with van der Waals surface area (Å²) >= 11 is 0. The molecule has 1 aromatic carbocycles. The number of hydrogen-bond donors (Lipinski definition) is 0. The standard InChI is InChI=1S/C21H25N3O3/c1-14-12-16(23(2)22-14)13-24(21(26)19-10-11-20(25)27-19)18-9-5-7-15-6-3-4-8-17(15)18/h3-4,6,8,12,18-19H,5,7,9-11,13H2,1-2H3/t18-,19-/m0/s1. The molecule has 142 valence electrons. The van der Waals surface area contributed by atoms with Gasteiger partial charge in [-0.05, 0) is 43.4 Å². The molecule has 1 saturated heterocycles. The van der Waals surface area contributed by atoms with E-state index in [2.05, 4.69) is 23.3 Å². The summed E-state index contributed by atoms with van der Waals surface area (Å²) in [7, 11) is 1.90. The van der Waals surface area contributed by atoms with Gasteiger partial charge in [0, 0.05) is 19.9 Å². The smallest absolute Gasteiger partial charge is 0.306 e. The van der Waals surface area contributed by atoms with Gasteiger partial charge < -0.3 is 9.64 Å². The highest BCUT2D eigenvalue weighted by Crippen LogP contribution is 2.36. The van der Waals surface area contributed by atoms with E-state index in [1.807, 2.05) is 35.7 Å². The molecular weight excluding hydrogens is 342 g/mol. The van der Waals surface area contributed by atoms with Crippen molar-refractivity contribution in [2.45, 2.75) is 57.7 Å². The zero-order valence-electron chi connectivity index (χ0n) is 15.9. The summed E-state index contributed by atoms with van der Waals surface area (Å²) in [5.41, 5.74) is 4.42. The van der Waals surface area contributed by atoms with E-state index in [0.717, 1.165) is 30.7 Å². The molecule has 2 heterocycles. The molecule has 0 spiro atoms. The number of esters is 1. The average molecular weight is 367 g/mol. The van der Waals surface area contributed by atoms with Crippen LogP contribution in [0.3, 0.4) is 0 Å². The molecule has 1 aliphatic carbocycles. The minimum atomic E-state index is -0.666. The molecule has 27 heavy (non-hydrogen) atoms. The van der Waals surface area contributed by atoms with Crippen LogP contribution in [-0.2, 0) is 34.3 Å². The molecule has 2 aliphatic rings. The van der Waals surface area contributed by atoms with Gasteiger partial charge in [-0.3, -0.25) is 14.3 Å². The normalized spacial score (nSPS) is 21.6. The molecule has 0 bridgehead atoms. The highest BCUT2D eigenvalue weighted by atomic mass is 16.6. The van der Waals surface area contributed by atoms with Crippen molar-refractivity contribution in [1.29, 1.82) is 0 Å². The van der Waals surface area contributed by atoms with Crippen molar-refractivity contribution in [3.8, 4) is 0 Å². The Kier molecular flexibility index (Phi) is 4.72. The highest BCUT2D eigenvalue weighted by Gasteiger charge is 2.38. The first-order valence-corrected chi connectivity index (χ1v) is 9.60. The van der Waals surface area contributed by atoms with Gasteiger partial charge in [-0.2, -0.15) is 5.10 Å². The molecular formula is C21H25N3O3. The fraction of sp³-hybridized carbons (Fsp3) is 0.476. The minimum Gasteiger partial charge on any atom is -0.452 e. The van der Waals surface area contributed by atoms with Gasteiger partial charge in [-0.25, -0.2) is 0 Å². The summed E-state index contributed by atoms with van der Waals surface area (Å²) < 4.78 is 7.13. The lowest BCUT2D eigenvalue weighted by Gasteiger charge is -2.37. The molecule has 0 radical (unpaired) electrons. The van der Waals surface area contributed by atoms with Gasteiger partial charge in [-0.15, -0.1) is 0 Å². The molecule has 0 saturated carbocycles. The van der Waals surface area contributed by atoms with Gasteiger partial charge in [0.2, 0.25) is 0 Å². The summed E-state index contributed by atoms with van der Waals surface area (Å²) in [6.45, 7) is 2.41. The number of cyclic esters (lactones) is 1. The third kappa shape index (κ3) is 3.48. The number of aryl methyl sites for hydroxylation is 3. The highest BCUT2D eigenvalue weighted by molar-refractivity contribution is 5.86. The van der Waals surface area contributed by atoms with E-state index < -0.39 is 6.10 Å². The van der Waals surface area contributed by atoms with Crippen molar-refractivity contribution in [2.24, 2.45) is 7.05 Å². The number of fused-ring (bicyclic) bond motifs is 1. The first-order chi connectivity index (χ1) is 13.0. The van der Waals surface area contributed by atoms with Crippen molar-refractivity contribution in [3.05, 3.63) is 52.8 Å². The first-order valence-electron chi connectivity index (χ1n) is 9.60. The zero-order chi connectivity index (χ0) is 19.0. The molecule has 0 N–H and O–H groups in total. The van der Waals surface area contributed by atoms with E-state index >= 15 is 0 Å². The van der Waals surface area contributed by atoms with Crippen LogP contribution in [-0.4, -0.2) is 32.7 Å². The van der Waals surface area contributed by atoms with Gasteiger partial charge >= 0.3 is 5.97 Å². The van der Waals surface area contributed by atoms with E-state index in [9.17, 15) is 9.59 Å². The van der Waals surface area contributed by atoms with Gasteiger partial charge in [0.05, 0.1) is 24.0 Å². The fourth-order valence-corrected chi connectivity index (χ4v) is 4.26. The van der Waals surface area contributed by atoms with Crippen LogP contribution in [0.1, 0.15) is 54.2 Å². The Morgan fingerprint density at radius 2 is 2.11 bits per heavy atom. The van der Waals surface area contributed by atoms with E-state index in [1.165, 1.54) is 11.1 Å². The van der Waals surface area contributed by atoms with Crippen molar-refractivity contribution in [1.82, 2.24) is 14.7 Å². The summed E-state index contributed by atoms with van der Waals surface area (Å²) in [5, 5.41) is 4.42. The quantitative estimate of drug-likeness (QED) is 0.780. The predicted molar refractivity (Wildman–Crippen MR) is 99.7 cm³/mol. The largest absolute Gasteiger partial charge is 0.452 e. The lowest BCUT2D eigenvalue weighted by Crippen LogP contribution is -2.42. The van der Waals surface area contributed by atoms with Crippen LogP contribution in [0.25, 0.3) is 0 Å². The third-order valence-electron chi connectivity index (χ3n) is 5.59. The topological polar surface area (TPSA) is 64.4 Å². The Bertz CT molecular complexity index is 873. The summed E-state index contributed by atoms with van der Waals surface area (Å²) in [6.07, 6.45) is 3.11. The number of ether oxygens (including phenoxy) is 1. The monoisotopic (exact) mass is 367 g/mol. The molecule has 4 rings (SSSR count). The van der Waals surface area contributed by atoms with Crippen LogP contribution in [0, 0.1) is 6.92 Å². The number of hydrogen-bond acceptors (Lipinski definition) is 4. The van der Waals surface area contributed by atoms with Crippen LogP contribution in [0.15, 0.2) is 30.3 Å². The number of nitrogens with zero attached hydrogens (tertiary/aromatic N) is 3. The molecule has 0 unspecified atom stereocenters. The number of carbonyl (C=O) groups is 2. The molecule has 2 aromatic rings. The maximum Gasteiger partial charge on any atom is 0.306 e. The average Bonchev–Trinajstić information content (AvgIpc) is 3.23. The molecule has 1 amide bonds. The second kappa shape index (κ2) is 7.18. The van der Waals surface area contributed by atoms with Crippen LogP contribution in [0.2, 0.25) is 0 Å². The maximum atomic E-state index is 13.3. The lowest BCUT2D eigenvalue weighted by molar-refractivity contribution is -0.155. The van der Waals surface area contributed by atoms with Crippen molar-refractivity contribution in [2.75, 3.05) is 0 Å². The van der Waals surface area contributed by atoms with Crippen LogP contribution in [0.4, 0.5) is 0 Å². The van der Waals surface area contributed by atoms with Crippen molar-refractivity contribution < 1.29 is 14.3 Å². The molecule has 6 heteroatoms. The summed E-state index contributed by atoms with van der Waals surface area (Å²) in [6, 6.07) is 10.4. The fourth-order valence-electron chi connectivity index (χ4n) is 4.26. The summed E-state index contributed by atoms with van der Waals surface area (Å²) in [4.78, 5) is 26.8. The minimum absolute atomic E-state index is 0.00282. The Labute approximate surface area is 159 Å². The lowest BCUT2D eigenvalue weighted by atomic mass is 9.86. The number of aromatic nitrogens is 2. The number of carbonyl (C=O) groups excluding carboxylic acids is 2. The third-order valence-corrected chi connectivity index (χ3v) is 5.59. The van der Waals surface area contributed by atoms with Crippen molar-refractivity contribution >= 4 is 11.9 Å². The van der Waals surface area contributed by atoms with Gasteiger partial charge in [-0.1, -0.05) is 24.3 Å². The van der Waals surface area contributed by atoms with Gasteiger partial charge in [0.1, 0.15) is 0 Å². The molecule has 1 aliphatic heterocycles. The summed E-state index contributed by atoms with van der Waals surface area (Å²) in [5.74, 6) is -0.380. The Morgan fingerprint density at radius 3 is 2.81 bits per heavy atom. The number of rotatable bonds is 4. The molecule has 6 nitrogen and oxygen atoms in total. The molecule has 1 aromatic heterocycles. The second-order valence-corrected chi connectivity index (χ2v) is 7.49. The van der Waals surface area contributed by atoms with Crippen molar-refractivity contribution in [3.63, 3.8) is 0 Å². The van der Waals surface area contributed by atoms with Crippen LogP contribution >= 0.6 is 0 Å². The number of amides is 1. The van der Waals surface area contributed by atoms with Gasteiger partial charge in [0.25, 0.3) is 5.91 Å². The van der Waals surface area contributed by atoms with E-state index in [1.54, 1.807) is 0 Å². The Hall–Kier alpha value is -2.63. The predicted octanol–water partition coefficient (Wildman–Crippen LogP) is 2.84. The van der Waals surface area contributed by atoms with Crippen LogP contribution < -0.4 is 0 Å². The first kappa shape index (κ1) is 17.8. The molecule has 1 fully saturated rings. The van der Waals surface area contributed by atoms with E-state index in [4.69, 9.17) is 4.74 Å². The Balaban J connectivity index is 1.69. The Morgan fingerprint density at radius 1 is 1.30 bits per heavy atom. The van der Waals surface area contributed by atoms with Gasteiger partial charge in [0.15, 0.2) is 6.10 Å². The second-order valence-electron chi connectivity index (χ2n) is 7.49. The van der Waals surface area contributed by atoms with Crippen LogP contribution in [0.5, 0.6) is 0 Å². The molecule has 2 atom stereocenters.